The Kier molecular flexibility index (Phi) is 4.17. The van der Waals surface area contributed by atoms with Gasteiger partial charge in [0.2, 0.25) is 0 Å². The second-order valence-corrected chi connectivity index (χ2v) is 7.12. The van der Waals surface area contributed by atoms with Crippen LogP contribution >= 0.6 is 0 Å². The van der Waals surface area contributed by atoms with Gasteiger partial charge in [-0.3, -0.25) is 10.1 Å². The smallest absolute Gasteiger partial charge is 0.155 e. The van der Waals surface area contributed by atoms with Gasteiger partial charge in [0.15, 0.2) is 5.65 Å². The number of anilines is 1. The van der Waals surface area contributed by atoms with Crippen molar-refractivity contribution in [3.8, 4) is 11.1 Å². The standard InChI is InChI=1S/C23H20N6/c1-15(16-6-4-3-5-7-16)29(2)22-14-25-21-12-17(8-9-20(21)27-22)18-10-11-24-23-19(18)13-26-28-23/h3-15H,1-2H3,(H,24,26,28)/t15-/m1/s1. The molecule has 142 valence electrons. The summed E-state index contributed by atoms with van der Waals surface area (Å²) < 4.78 is 0. The number of pyridine rings is 1. The van der Waals surface area contributed by atoms with Gasteiger partial charge in [-0.1, -0.05) is 36.4 Å². The minimum absolute atomic E-state index is 0.202. The molecule has 3 aromatic heterocycles. The molecule has 0 aliphatic carbocycles. The van der Waals surface area contributed by atoms with E-state index in [0.717, 1.165) is 39.0 Å². The maximum atomic E-state index is 4.84. The highest BCUT2D eigenvalue weighted by molar-refractivity contribution is 5.94. The summed E-state index contributed by atoms with van der Waals surface area (Å²) in [5.41, 5.74) is 5.90. The zero-order chi connectivity index (χ0) is 19.8. The molecule has 6 nitrogen and oxygen atoms in total. The molecule has 0 aliphatic rings. The van der Waals surface area contributed by atoms with E-state index in [4.69, 9.17) is 4.98 Å². The fourth-order valence-corrected chi connectivity index (χ4v) is 3.59. The molecule has 6 heteroatoms. The predicted octanol–water partition coefficient (Wildman–Crippen LogP) is 4.77. The van der Waals surface area contributed by atoms with Gasteiger partial charge in [0, 0.05) is 18.6 Å². The Hall–Kier alpha value is -3.80. The van der Waals surface area contributed by atoms with Crippen molar-refractivity contribution in [2.45, 2.75) is 13.0 Å². The molecule has 3 heterocycles. The molecule has 1 N–H and O–H groups in total. The van der Waals surface area contributed by atoms with Gasteiger partial charge in [-0.2, -0.15) is 5.10 Å². The summed E-state index contributed by atoms with van der Waals surface area (Å²) in [5.74, 6) is 0.850. The van der Waals surface area contributed by atoms with Gasteiger partial charge in [-0.05, 0) is 41.8 Å². The number of rotatable bonds is 4. The summed E-state index contributed by atoms with van der Waals surface area (Å²) in [5, 5.41) is 8.01. The number of aromatic nitrogens is 5. The number of nitrogens with one attached hydrogen (secondary N) is 1. The first kappa shape index (κ1) is 17.3. The average molecular weight is 380 g/mol. The molecule has 0 aliphatic heterocycles. The SMILES string of the molecule is C[C@H](c1ccccc1)N(C)c1cnc2cc(-c3ccnc4[nH]ncc34)ccc2n1. The van der Waals surface area contributed by atoms with Gasteiger partial charge >= 0.3 is 0 Å². The lowest BCUT2D eigenvalue weighted by Crippen LogP contribution is -2.22. The second-order valence-electron chi connectivity index (χ2n) is 7.12. The molecule has 1 atom stereocenters. The predicted molar refractivity (Wildman–Crippen MR) is 116 cm³/mol. The van der Waals surface area contributed by atoms with E-state index < -0.39 is 0 Å². The molecule has 0 radical (unpaired) electrons. The minimum atomic E-state index is 0.202. The Bertz CT molecular complexity index is 1290. The van der Waals surface area contributed by atoms with Crippen molar-refractivity contribution < 1.29 is 0 Å². The van der Waals surface area contributed by atoms with Crippen LogP contribution < -0.4 is 4.90 Å². The molecule has 0 bridgehead atoms. The van der Waals surface area contributed by atoms with Crippen molar-refractivity contribution in [2.24, 2.45) is 0 Å². The first-order valence-corrected chi connectivity index (χ1v) is 9.54. The zero-order valence-corrected chi connectivity index (χ0v) is 16.2. The lowest BCUT2D eigenvalue weighted by atomic mass is 10.0. The highest BCUT2D eigenvalue weighted by atomic mass is 15.2. The Balaban J connectivity index is 1.51. The fraction of sp³-hybridized carbons (Fsp3) is 0.130. The molecule has 0 saturated carbocycles. The Morgan fingerprint density at radius 1 is 0.931 bits per heavy atom. The summed E-state index contributed by atoms with van der Waals surface area (Å²) >= 11 is 0. The number of benzene rings is 2. The van der Waals surface area contributed by atoms with Crippen LogP contribution in [0.5, 0.6) is 0 Å². The van der Waals surface area contributed by atoms with Crippen molar-refractivity contribution in [1.82, 2.24) is 25.1 Å². The molecule has 0 amide bonds. The van der Waals surface area contributed by atoms with E-state index >= 15 is 0 Å². The molecule has 29 heavy (non-hydrogen) atoms. The molecule has 0 fully saturated rings. The van der Waals surface area contributed by atoms with Gasteiger partial charge in [0.1, 0.15) is 5.82 Å². The van der Waals surface area contributed by atoms with E-state index in [0.29, 0.717) is 0 Å². The number of H-pyrrole nitrogens is 1. The normalized spacial score (nSPS) is 12.3. The summed E-state index contributed by atoms with van der Waals surface area (Å²) in [6.07, 6.45) is 5.43. The molecule has 0 unspecified atom stereocenters. The van der Waals surface area contributed by atoms with Crippen LogP contribution in [0.3, 0.4) is 0 Å². The third-order valence-electron chi connectivity index (χ3n) is 5.42. The third-order valence-corrected chi connectivity index (χ3v) is 5.42. The Morgan fingerprint density at radius 2 is 1.79 bits per heavy atom. The second kappa shape index (κ2) is 6.98. The molecule has 2 aromatic carbocycles. The minimum Gasteiger partial charge on any atom is -0.352 e. The van der Waals surface area contributed by atoms with Crippen LogP contribution in [-0.4, -0.2) is 32.2 Å². The van der Waals surface area contributed by atoms with Crippen molar-refractivity contribution in [3.05, 3.63) is 78.8 Å². The van der Waals surface area contributed by atoms with Crippen LogP contribution in [0, 0.1) is 0 Å². The van der Waals surface area contributed by atoms with Crippen molar-refractivity contribution in [2.75, 3.05) is 11.9 Å². The Labute approximate surface area is 168 Å². The highest BCUT2D eigenvalue weighted by Crippen LogP contribution is 2.29. The maximum Gasteiger partial charge on any atom is 0.155 e. The number of fused-ring (bicyclic) bond motifs is 2. The summed E-state index contributed by atoms with van der Waals surface area (Å²) in [7, 11) is 2.05. The van der Waals surface area contributed by atoms with Crippen LogP contribution in [0.25, 0.3) is 33.2 Å². The fourth-order valence-electron chi connectivity index (χ4n) is 3.59. The molecule has 5 rings (SSSR count). The van der Waals surface area contributed by atoms with E-state index in [9.17, 15) is 0 Å². The van der Waals surface area contributed by atoms with Gasteiger partial charge in [0.25, 0.3) is 0 Å². The maximum absolute atomic E-state index is 4.84. The third kappa shape index (κ3) is 3.08. The molecular weight excluding hydrogens is 360 g/mol. The first-order chi connectivity index (χ1) is 14.2. The first-order valence-electron chi connectivity index (χ1n) is 9.54. The number of aromatic amines is 1. The lowest BCUT2D eigenvalue weighted by molar-refractivity contribution is 0.728. The molecule has 0 spiro atoms. The van der Waals surface area contributed by atoms with Crippen LogP contribution in [0.4, 0.5) is 5.82 Å². The molecule has 5 aromatic rings. The summed E-state index contributed by atoms with van der Waals surface area (Å²) in [4.78, 5) is 16.0. The molecule has 0 saturated heterocycles. The number of hydrogen-bond acceptors (Lipinski definition) is 5. The highest BCUT2D eigenvalue weighted by Gasteiger charge is 2.14. The Morgan fingerprint density at radius 3 is 2.66 bits per heavy atom. The number of nitrogens with zero attached hydrogens (tertiary/aromatic N) is 5. The zero-order valence-electron chi connectivity index (χ0n) is 16.2. The largest absolute Gasteiger partial charge is 0.352 e. The van der Waals surface area contributed by atoms with Crippen LogP contribution in [-0.2, 0) is 0 Å². The van der Waals surface area contributed by atoms with Crippen LogP contribution in [0.1, 0.15) is 18.5 Å². The van der Waals surface area contributed by atoms with Crippen LogP contribution in [0.2, 0.25) is 0 Å². The number of hydrogen-bond donors (Lipinski definition) is 1. The van der Waals surface area contributed by atoms with E-state index in [1.165, 1.54) is 5.56 Å². The monoisotopic (exact) mass is 380 g/mol. The van der Waals surface area contributed by atoms with Crippen molar-refractivity contribution in [3.63, 3.8) is 0 Å². The average Bonchev–Trinajstić information content (AvgIpc) is 3.27. The molecular formula is C23H20N6. The van der Waals surface area contributed by atoms with E-state index in [2.05, 4.69) is 75.4 Å². The van der Waals surface area contributed by atoms with Gasteiger partial charge in [0.05, 0.1) is 29.5 Å². The van der Waals surface area contributed by atoms with E-state index in [1.807, 2.05) is 24.4 Å². The quantitative estimate of drug-likeness (QED) is 0.486. The lowest BCUT2D eigenvalue weighted by Gasteiger charge is -2.26. The summed E-state index contributed by atoms with van der Waals surface area (Å²) in [6.45, 7) is 2.17. The van der Waals surface area contributed by atoms with Gasteiger partial charge in [-0.25, -0.2) is 9.97 Å². The van der Waals surface area contributed by atoms with Crippen molar-refractivity contribution in [1.29, 1.82) is 0 Å². The van der Waals surface area contributed by atoms with E-state index in [-0.39, 0.29) is 6.04 Å². The van der Waals surface area contributed by atoms with Gasteiger partial charge in [-0.15, -0.1) is 0 Å². The topological polar surface area (TPSA) is 70.6 Å². The van der Waals surface area contributed by atoms with E-state index in [1.54, 1.807) is 12.4 Å². The van der Waals surface area contributed by atoms with Crippen LogP contribution in [0.15, 0.2) is 73.2 Å². The van der Waals surface area contributed by atoms with Gasteiger partial charge < -0.3 is 4.90 Å². The van der Waals surface area contributed by atoms with Crippen molar-refractivity contribution >= 4 is 27.9 Å². The summed E-state index contributed by atoms with van der Waals surface area (Å²) in [6, 6.07) is 18.8.